The lowest BCUT2D eigenvalue weighted by Gasteiger charge is -2.20. The lowest BCUT2D eigenvalue weighted by atomic mass is 10.2. The van der Waals surface area contributed by atoms with Crippen molar-refractivity contribution in [1.82, 2.24) is 0 Å². The fourth-order valence-electron chi connectivity index (χ4n) is 1.58. The van der Waals surface area contributed by atoms with Crippen LogP contribution in [0.15, 0.2) is 24.8 Å². The molecule has 0 heterocycles. The summed E-state index contributed by atoms with van der Waals surface area (Å²) in [6.07, 6.45) is 3.34. The second-order valence-corrected chi connectivity index (χ2v) is 3.75. The number of nitriles is 1. The first-order valence-electron chi connectivity index (χ1n) is 5.31. The summed E-state index contributed by atoms with van der Waals surface area (Å²) in [5, 5.41) is 8.58. The number of halogens is 2. The average Bonchev–Trinajstić information content (AvgIpc) is 2.28. The molecule has 0 aliphatic rings. The van der Waals surface area contributed by atoms with Gasteiger partial charge in [0.25, 0.3) is 0 Å². The maximum atomic E-state index is 13.6. The molecule has 0 fully saturated rings. The minimum atomic E-state index is -0.706. The van der Waals surface area contributed by atoms with E-state index in [0.29, 0.717) is 6.54 Å². The summed E-state index contributed by atoms with van der Waals surface area (Å²) >= 11 is 0. The Hall–Kier alpha value is -1.89. The molecular weight excluding hydrogens is 222 g/mol. The Bertz CT molecular complexity index is 426. The standard InChI is InChI=1S/C13H14F2N2/c1-3-4-5-6-17(2)13-11(14)7-10(9-16)8-12(13)15/h3,7-8H,1,4-6H2,2H3. The lowest BCUT2D eigenvalue weighted by Crippen LogP contribution is -2.21. The molecule has 17 heavy (non-hydrogen) atoms. The summed E-state index contributed by atoms with van der Waals surface area (Å²) < 4.78 is 27.2. The molecular formula is C13H14F2N2. The van der Waals surface area contributed by atoms with Crippen molar-refractivity contribution in [3.63, 3.8) is 0 Å². The van der Waals surface area contributed by atoms with Gasteiger partial charge in [-0.2, -0.15) is 5.26 Å². The summed E-state index contributed by atoms with van der Waals surface area (Å²) in [5.41, 5.74) is -0.101. The predicted molar refractivity (Wildman–Crippen MR) is 63.8 cm³/mol. The molecule has 4 heteroatoms. The van der Waals surface area contributed by atoms with Crippen LogP contribution in [0.4, 0.5) is 14.5 Å². The van der Waals surface area contributed by atoms with Crippen LogP contribution in [0.5, 0.6) is 0 Å². The van der Waals surface area contributed by atoms with Gasteiger partial charge in [-0.15, -0.1) is 6.58 Å². The number of benzene rings is 1. The van der Waals surface area contributed by atoms with E-state index in [9.17, 15) is 8.78 Å². The molecule has 0 saturated carbocycles. The van der Waals surface area contributed by atoms with Crippen LogP contribution >= 0.6 is 0 Å². The Morgan fingerprint density at radius 1 is 1.41 bits per heavy atom. The van der Waals surface area contributed by atoms with Crippen molar-refractivity contribution in [3.8, 4) is 6.07 Å². The largest absolute Gasteiger partial charge is 0.370 e. The van der Waals surface area contributed by atoms with E-state index in [0.717, 1.165) is 25.0 Å². The second kappa shape index (κ2) is 6.00. The van der Waals surface area contributed by atoms with Crippen LogP contribution in [0, 0.1) is 23.0 Å². The van der Waals surface area contributed by atoms with Crippen molar-refractivity contribution in [2.45, 2.75) is 12.8 Å². The number of anilines is 1. The predicted octanol–water partition coefficient (Wildman–Crippen LogP) is 3.24. The highest BCUT2D eigenvalue weighted by Gasteiger charge is 2.14. The highest BCUT2D eigenvalue weighted by atomic mass is 19.1. The van der Waals surface area contributed by atoms with Crippen LogP contribution < -0.4 is 4.90 Å². The maximum absolute atomic E-state index is 13.6. The van der Waals surface area contributed by atoms with Crippen molar-refractivity contribution in [2.24, 2.45) is 0 Å². The molecule has 0 unspecified atom stereocenters. The SMILES string of the molecule is C=CCCCN(C)c1c(F)cc(C#N)cc1F. The molecule has 1 aromatic rings. The number of allylic oxidation sites excluding steroid dienone is 1. The van der Waals surface area contributed by atoms with Gasteiger partial charge in [0.15, 0.2) is 11.6 Å². The van der Waals surface area contributed by atoms with Crippen LogP contribution in [-0.4, -0.2) is 13.6 Å². The van der Waals surface area contributed by atoms with Gasteiger partial charge in [-0.25, -0.2) is 8.78 Å². The third kappa shape index (κ3) is 3.28. The van der Waals surface area contributed by atoms with Gasteiger partial charge in [0, 0.05) is 13.6 Å². The van der Waals surface area contributed by atoms with E-state index in [-0.39, 0.29) is 11.3 Å². The van der Waals surface area contributed by atoms with E-state index in [1.807, 2.05) is 0 Å². The molecule has 1 rings (SSSR count). The monoisotopic (exact) mass is 236 g/mol. The topological polar surface area (TPSA) is 27.0 Å². The van der Waals surface area contributed by atoms with Crippen LogP contribution in [0.3, 0.4) is 0 Å². The first-order valence-corrected chi connectivity index (χ1v) is 5.31. The normalized spacial score (nSPS) is 9.76. The second-order valence-electron chi connectivity index (χ2n) is 3.75. The van der Waals surface area contributed by atoms with Crippen LogP contribution in [-0.2, 0) is 0 Å². The minimum absolute atomic E-state index is 0.0109. The maximum Gasteiger partial charge on any atom is 0.150 e. The Kier molecular flexibility index (Phi) is 4.65. The fraction of sp³-hybridized carbons (Fsp3) is 0.308. The molecule has 0 N–H and O–H groups in total. The quantitative estimate of drug-likeness (QED) is 0.579. The highest BCUT2D eigenvalue weighted by Crippen LogP contribution is 2.24. The molecule has 0 aliphatic heterocycles. The molecule has 90 valence electrons. The average molecular weight is 236 g/mol. The van der Waals surface area contributed by atoms with Crippen molar-refractivity contribution < 1.29 is 8.78 Å². The minimum Gasteiger partial charge on any atom is -0.370 e. The van der Waals surface area contributed by atoms with Crippen molar-refractivity contribution in [1.29, 1.82) is 5.26 Å². The zero-order valence-electron chi connectivity index (χ0n) is 9.71. The number of nitrogens with zero attached hydrogens (tertiary/aromatic N) is 2. The van der Waals surface area contributed by atoms with Crippen LogP contribution in [0.2, 0.25) is 0 Å². The summed E-state index contributed by atoms with van der Waals surface area (Å²) in [7, 11) is 1.62. The van der Waals surface area contributed by atoms with Crippen LogP contribution in [0.25, 0.3) is 0 Å². The third-order valence-electron chi connectivity index (χ3n) is 2.43. The van der Waals surface area contributed by atoms with Gasteiger partial charge in [0.05, 0.1) is 11.6 Å². The molecule has 1 aromatic carbocycles. The molecule has 0 aliphatic carbocycles. The molecule has 0 bridgehead atoms. The van der Waals surface area contributed by atoms with Gasteiger partial charge >= 0.3 is 0 Å². The van der Waals surface area contributed by atoms with Crippen molar-refractivity contribution >= 4 is 5.69 Å². The number of hydrogen-bond acceptors (Lipinski definition) is 2. The number of unbranched alkanes of at least 4 members (excludes halogenated alkanes) is 1. The number of rotatable bonds is 5. The van der Waals surface area contributed by atoms with E-state index in [1.165, 1.54) is 4.90 Å². The third-order valence-corrected chi connectivity index (χ3v) is 2.43. The van der Waals surface area contributed by atoms with Gasteiger partial charge in [-0.05, 0) is 25.0 Å². The van der Waals surface area contributed by atoms with Crippen molar-refractivity contribution in [2.75, 3.05) is 18.5 Å². The first-order chi connectivity index (χ1) is 8.10. The van der Waals surface area contributed by atoms with E-state index in [2.05, 4.69) is 6.58 Å². The first kappa shape index (κ1) is 13.2. The lowest BCUT2D eigenvalue weighted by molar-refractivity contribution is 0.574. The molecule has 0 saturated heterocycles. The Morgan fingerprint density at radius 3 is 2.47 bits per heavy atom. The van der Waals surface area contributed by atoms with E-state index in [4.69, 9.17) is 5.26 Å². The van der Waals surface area contributed by atoms with Gasteiger partial charge in [-0.1, -0.05) is 6.08 Å². The van der Waals surface area contributed by atoms with Gasteiger partial charge in [0.1, 0.15) is 5.69 Å². The zero-order chi connectivity index (χ0) is 12.8. The fourth-order valence-corrected chi connectivity index (χ4v) is 1.58. The molecule has 0 amide bonds. The molecule has 0 aromatic heterocycles. The van der Waals surface area contributed by atoms with Gasteiger partial charge in [-0.3, -0.25) is 0 Å². The zero-order valence-corrected chi connectivity index (χ0v) is 9.71. The number of hydrogen-bond donors (Lipinski definition) is 0. The molecule has 0 radical (unpaired) electrons. The molecule has 0 atom stereocenters. The molecule has 0 spiro atoms. The summed E-state index contributed by atoms with van der Waals surface area (Å²) in [6.45, 7) is 4.12. The molecule has 2 nitrogen and oxygen atoms in total. The Labute approximate surface area is 99.8 Å². The highest BCUT2D eigenvalue weighted by molar-refractivity contribution is 5.52. The van der Waals surface area contributed by atoms with E-state index >= 15 is 0 Å². The summed E-state index contributed by atoms with van der Waals surface area (Å²) in [5.74, 6) is -1.41. The smallest absolute Gasteiger partial charge is 0.150 e. The Morgan fingerprint density at radius 2 is 2.00 bits per heavy atom. The van der Waals surface area contributed by atoms with E-state index < -0.39 is 11.6 Å². The summed E-state index contributed by atoms with van der Waals surface area (Å²) in [4.78, 5) is 1.51. The van der Waals surface area contributed by atoms with Gasteiger partial charge in [0.2, 0.25) is 0 Å². The van der Waals surface area contributed by atoms with Gasteiger partial charge < -0.3 is 4.90 Å². The summed E-state index contributed by atoms with van der Waals surface area (Å²) in [6, 6.07) is 3.80. The Balaban J connectivity index is 2.90. The van der Waals surface area contributed by atoms with Crippen LogP contribution in [0.1, 0.15) is 18.4 Å². The van der Waals surface area contributed by atoms with Crippen molar-refractivity contribution in [3.05, 3.63) is 42.0 Å². The van der Waals surface area contributed by atoms with E-state index in [1.54, 1.807) is 19.2 Å².